The molecule has 0 saturated heterocycles. The fourth-order valence-electron chi connectivity index (χ4n) is 6.04. The second-order valence-electron chi connectivity index (χ2n) is 9.52. The fourth-order valence-corrected chi connectivity index (χ4v) is 7.19. The highest BCUT2D eigenvalue weighted by atomic mass is 32.1. The molecule has 0 atom stereocenters. The summed E-state index contributed by atoms with van der Waals surface area (Å²) < 4.78 is 3.40. The van der Waals surface area contributed by atoms with E-state index in [1.54, 1.807) is 0 Å². The third-order valence-corrected chi connectivity index (χ3v) is 8.76. The SMILES string of the molecule is Oc1c(O)c(O)c2c(sc3ccc4c(c32)c2c3ccccc3c3ccccc3c2n4-c2ccccc2)c1O. The van der Waals surface area contributed by atoms with Crippen molar-refractivity contribution in [2.24, 2.45) is 0 Å². The molecule has 5 nitrogen and oxygen atoms in total. The zero-order chi connectivity index (χ0) is 25.7. The van der Waals surface area contributed by atoms with Crippen LogP contribution >= 0.6 is 11.3 Å². The molecule has 0 aliphatic rings. The van der Waals surface area contributed by atoms with Crippen LogP contribution in [0.3, 0.4) is 0 Å². The van der Waals surface area contributed by atoms with Gasteiger partial charge in [0.05, 0.1) is 21.1 Å². The molecule has 8 aromatic rings. The van der Waals surface area contributed by atoms with Gasteiger partial charge in [0, 0.05) is 31.9 Å². The van der Waals surface area contributed by atoms with Crippen molar-refractivity contribution in [1.29, 1.82) is 0 Å². The van der Waals surface area contributed by atoms with Gasteiger partial charge in [-0.25, -0.2) is 0 Å². The zero-order valence-electron chi connectivity index (χ0n) is 19.8. The summed E-state index contributed by atoms with van der Waals surface area (Å²) >= 11 is 1.27. The first-order valence-corrected chi connectivity index (χ1v) is 13.0. The first kappa shape index (κ1) is 21.2. The van der Waals surface area contributed by atoms with Crippen LogP contribution in [0, 0.1) is 0 Å². The minimum absolute atomic E-state index is 0.325. The van der Waals surface area contributed by atoms with Gasteiger partial charge >= 0.3 is 0 Å². The molecule has 38 heavy (non-hydrogen) atoms. The summed E-state index contributed by atoms with van der Waals surface area (Å²) in [5, 5.41) is 50.0. The standard InChI is InChI=1S/C32H19NO4S/c34-28-26-25-22(38-32(26)31(37)30(36)29(28)35)15-14-21-24(25)23-19-12-6-4-10-17(19)18-11-5-7-13-20(18)27(23)33(21)16-8-2-1-3-9-16/h1-15,34-37H. The number of thiophene rings is 1. The van der Waals surface area contributed by atoms with Crippen molar-refractivity contribution >= 4 is 74.9 Å². The lowest BCUT2D eigenvalue weighted by atomic mass is 9.95. The third kappa shape index (κ3) is 2.50. The van der Waals surface area contributed by atoms with Gasteiger partial charge in [0.25, 0.3) is 0 Å². The molecule has 8 rings (SSSR count). The van der Waals surface area contributed by atoms with E-state index in [0.717, 1.165) is 59.1 Å². The molecular weight excluding hydrogens is 494 g/mol. The quantitative estimate of drug-likeness (QED) is 0.101. The number of aromatic hydroxyl groups is 4. The van der Waals surface area contributed by atoms with Gasteiger partial charge in [-0.3, -0.25) is 0 Å². The Morgan fingerprint density at radius 3 is 1.82 bits per heavy atom. The van der Waals surface area contributed by atoms with Gasteiger partial charge in [-0.1, -0.05) is 66.7 Å². The summed E-state index contributed by atoms with van der Waals surface area (Å²) in [5.41, 5.74) is 2.98. The van der Waals surface area contributed by atoms with E-state index in [1.165, 1.54) is 11.3 Å². The van der Waals surface area contributed by atoms with Gasteiger partial charge in [0.2, 0.25) is 11.5 Å². The van der Waals surface area contributed by atoms with Gasteiger partial charge in [-0.2, -0.15) is 0 Å². The van der Waals surface area contributed by atoms with Gasteiger partial charge in [0.1, 0.15) is 0 Å². The number of phenolic OH excluding ortho intramolecular Hbond substituents is 4. The number of hydrogen-bond acceptors (Lipinski definition) is 5. The highest BCUT2D eigenvalue weighted by Crippen LogP contribution is 2.56. The van der Waals surface area contributed by atoms with Crippen molar-refractivity contribution in [2.45, 2.75) is 0 Å². The van der Waals surface area contributed by atoms with Crippen molar-refractivity contribution in [3.05, 3.63) is 91.0 Å². The normalized spacial score (nSPS) is 12.1. The molecule has 182 valence electrons. The third-order valence-electron chi connectivity index (χ3n) is 7.59. The number of fused-ring (bicyclic) bond motifs is 12. The van der Waals surface area contributed by atoms with Crippen LogP contribution in [0.4, 0.5) is 0 Å². The second kappa shape index (κ2) is 7.31. The molecule has 0 fully saturated rings. The molecule has 0 unspecified atom stereocenters. The smallest absolute Gasteiger partial charge is 0.205 e. The van der Waals surface area contributed by atoms with E-state index in [4.69, 9.17) is 0 Å². The number of hydrogen-bond donors (Lipinski definition) is 4. The molecule has 6 heteroatoms. The summed E-state index contributed by atoms with van der Waals surface area (Å²) in [6.07, 6.45) is 0. The number of phenols is 4. The molecule has 0 saturated carbocycles. The van der Waals surface area contributed by atoms with E-state index in [0.29, 0.717) is 10.1 Å². The number of rotatable bonds is 1. The van der Waals surface area contributed by atoms with Gasteiger partial charge < -0.3 is 25.0 Å². The molecule has 0 bridgehead atoms. The second-order valence-corrected chi connectivity index (χ2v) is 10.6. The molecule has 2 aromatic heterocycles. The first-order valence-electron chi connectivity index (χ1n) is 12.2. The molecule has 4 N–H and O–H groups in total. The number of aromatic nitrogens is 1. The van der Waals surface area contributed by atoms with Crippen LogP contribution in [0.5, 0.6) is 23.0 Å². The molecule has 0 aliphatic carbocycles. The van der Waals surface area contributed by atoms with E-state index in [2.05, 4.69) is 53.1 Å². The maximum absolute atomic E-state index is 11.1. The molecule has 0 spiro atoms. The minimum Gasteiger partial charge on any atom is -0.504 e. The van der Waals surface area contributed by atoms with E-state index >= 15 is 0 Å². The van der Waals surface area contributed by atoms with Crippen LogP contribution in [0.15, 0.2) is 91.0 Å². The summed E-state index contributed by atoms with van der Waals surface area (Å²) in [4.78, 5) is 0. The van der Waals surface area contributed by atoms with Crippen LogP contribution in [0.2, 0.25) is 0 Å². The molecule has 0 aliphatic heterocycles. The Labute approximate surface area is 219 Å². The predicted molar refractivity (Wildman–Crippen MR) is 155 cm³/mol. The minimum atomic E-state index is -0.728. The van der Waals surface area contributed by atoms with Crippen molar-refractivity contribution in [3.63, 3.8) is 0 Å². The maximum atomic E-state index is 11.1. The summed E-state index contributed by atoms with van der Waals surface area (Å²) in [5.74, 6) is -2.33. The highest BCUT2D eigenvalue weighted by Gasteiger charge is 2.26. The molecule has 6 aromatic carbocycles. The van der Waals surface area contributed by atoms with Crippen molar-refractivity contribution < 1.29 is 20.4 Å². The van der Waals surface area contributed by atoms with E-state index < -0.39 is 23.0 Å². The van der Waals surface area contributed by atoms with Crippen LogP contribution in [0.25, 0.3) is 69.2 Å². The maximum Gasteiger partial charge on any atom is 0.205 e. The van der Waals surface area contributed by atoms with Gasteiger partial charge in [-0.15, -0.1) is 11.3 Å². The lowest BCUT2D eigenvalue weighted by Crippen LogP contribution is -1.94. The zero-order valence-corrected chi connectivity index (χ0v) is 20.6. The monoisotopic (exact) mass is 513 g/mol. The molecule has 0 radical (unpaired) electrons. The Morgan fingerprint density at radius 2 is 1.08 bits per heavy atom. The lowest BCUT2D eigenvalue weighted by Gasteiger charge is -2.12. The number of benzene rings is 6. The van der Waals surface area contributed by atoms with Crippen molar-refractivity contribution in [3.8, 4) is 28.7 Å². The topological polar surface area (TPSA) is 85.9 Å². The van der Waals surface area contributed by atoms with Gasteiger partial charge in [0.15, 0.2) is 11.5 Å². The molecular formula is C32H19NO4S. The summed E-state index contributed by atoms with van der Waals surface area (Å²) in [6, 6.07) is 30.9. The van der Waals surface area contributed by atoms with E-state index in [-0.39, 0.29) is 0 Å². The Balaban J connectivity index is 1.78. The van der Waals surface area contributed by atoms with Crippen LogP contribution in [0.1, 0.15) is 0 Å². The Bertz CT molecular complexity index is 2280. The number of para-hydroxylation sites is 1. The largest absolute Gasteiger partial charge is 0.504 e. The Kier molecular flexibility index (Phi) is 4.07. The Hall–Kier alpha value is -4.94. The van der Waals surface area contributed by atoms with Crippen molar-refractivity contribution in [1.82, 2.24) is 4.57 Å². The van der Waals surface area contributed by atoms with Crippen LogP contribution < -0.4 is 0 Å². The van der Waals surface area contributed by atoms with Crippen LogP contribution in [-0.2, 0) is 0 Å². The van der Waals surface area contributed by atoms with Crippen LogP contribution in [-0.4, -0.2) is 25.0 Å². The Morgan fingerprint density at radius 1 is 0.474 bits per heavy atom. The lowest BCUT2D eigenvalue weighted by molar-refractivity contribution is 0.351. The molecule has 2 heterocycles. The molecule has 0 amide bonds. The van der Waals surface area contributed by atoms with E-state index in [9.17, 15) is 20.4 Å². The summed E-state index contributed by atoms with van der Waals surface area (Å²) in [6.45, 7) is 0. The summed E-state index contributed by atoms with van der Waals surface area (Å²) in [7, 11) is 0. The van der Waals surface area contributed by atoms with Gasteiger partial charge in [-0.05, 0) is 40.4 Å². The average molecular weight is 514 g/mol. The highest BCUT2D eigenvalue weighted by molar-refractivity contribution is 7.26. The van der Waals surface area contributed by atoms with E-state index in [1.807, 2.05) is 42.5 Å². The van der Waals surface area contributed by atoms with Crippen molar-refractivity contribution in [2.75, 3.05) is 0 Å². The average Bonchev–Trinajstić information content (AvgIpc) is 3.52. The fraction of sp³-hybridized carbons (Fsp3) is 0. The number of nitrogens with zero attached hydrogens (tertiary/aromatic N) is 1. The predicted octanol–water partition coefficient (Wildman–Crippen LogP) is 8.28. The first-order chi connectivity index (χ1) is 18.6.